The molecular weight excluding hydrogens is 791 g/mol. The van der Waals surface area contributed by atoms with Crippen molar-refractivity contribution in [3.63, 3.8) is 0 Å². The predicted octanol–water partition coefficient (Wildman–Crippen LogP) is 5.91. The van der Waals surface area contributed by atoms with Gasteiger partial charge in [0.05, 0.1) is 19.6 Å². The van der Waals surface area contributed by atoms with E-state index in [-0.39, 0.29) is 19.6 Å². The van der Waals surface area contributed by atoms with Gasteiger partial charge < -0.3 is 0 Å². The monoisotopic (exact) mass is 830 g/mol. The van der Waals surface area contributed by atoms with E-state index < -0.39 is 56.3 Å². The summed E-state index contributed by atoms with van der Waals surface area (Å²) in [5.74, 6) is 0. The normalized spacial score (nSPS) is 12.8. The van der Waals surface area contributed by atoms with Gasteiger partial charge in [0.15, 0.2) is 0 Å². The van der Waals surface area contributed by atoms with Gasteiger partial charge in [0.2, 0.25) is 0 Å². The molecular formula is C34H40O12P2S4. The van der Waals surface area contributed by atoms with Gasteiger partial charge in [-0.25, -0.2) is 0 Å². The number of rotatable bonds is 19. The van der Waals surface area contributed by atoms with Crippen molar-refractivity contribution >= 4 is 56.3 Å². The van der Waals surface area contributed by atoms with Crippen LogP contribution >= 0.6 is 15.8 Å². The summed E-state index contributed by atoms with van der Waals surface area (Å²) in [6.07, 6.45) is 7.88. The standard InChI is InChI=1S/C34H40O12P2S4/c35-49(36,37)31-9-1-27(2-10-31)17-21-47(22-18-28-3-11-32(12-4-28)50(38,39)40)25-26-48(23-19-29-5-13-33(14-6-29)51(41,42)43)24-20-30-7-15-34(16-8-30)52(44,45)46/h1-16H,17-26H2,(H,35,36,37)(H,38,39,40)(H,41,42,43)(H,44,45,46). The average molecular weight is 831 g/mol. The van der Waals surface area contributed by atoms with Gasteiger partial charge in [-0.2, -0.15) is 33.7 Å². The fourth-order valence-electron chi connectivity index (χ4n) is 5.41. The molecule has 4 aromatic carbocycles. The third-order valence-corrected chi connectivity index (χ3v) is 17.4. The summed E-state index contributed by atoms with van der Waals surface area (Å²) in [4.78, 5) is -0.731. The van der Waals surface area contributed by atoms with Gasteiger partial charge in [-0.1, -0.05) is 48.5 Å². The molecule has 0 saturated carbocycles. The molecule has 0 atom stereocenters. The van der Waals surface area contributed by atoms with Crippen LogP contribution < -0.4 is 0 Å². The van der Waals surface area contributed by atoms with Gasteiger partial charge in [-0.15, -0.1) is 15.8 Å². The van der Waals surface area contributed by atoms with Crippen molar-refractivity contribution in [2.75, 3.05) is 37.0 Å². The van der Waals surface area contributed by atoms with E-state index in [1.165, 1.54) is 48.5 Å². The summed E-state index contributed by atoms with van der Waals surface area (Å²) >= 11 is 0. The van der Waals surface area contributed by atoms with Crippen molar-refractivity contribution in [2.45, 2.75) is 45.3 Å². The molecule has 0 bridgehead atoms. The van der Waals surface area contributed by atoms with Gasteiger partial charge in [-0.3, -0.25) is 18.2 Å². The first-order valence-electron chi connectivity index (χ1n) is 16.0. The van der Waals surface area contributed by atoms with Crippen molar-refractivity contribution in [1.29, 1.82) is 0 Å². The van der Waals surface area contributed by atoms with E-state index in [9.17, 15) is 51.9 Å². The maximum atomic E-state index is 11.5. The molecule has 52 heavy (non-hydrogen) atoms. The van der Waals surface area contributed by atoms with E-state index in [2.05, 4.69) is 0 Å². The summed E-state index contributed by atoms with van der Waals surface area (Å²) in [6.45, 7) is 0. The Morgan fingerprint density at radius 1 is 0.308 bits per heavy atom. The SMILES string of the molecule is O=S(=O)(O)c1ccc(CCP(CCc2ccc(S(=O)(=O)O)cc2)CCP(CCc2ccc(S(=O)(=O)O)cc2)CCc2ccc(S(=O)(=O)O)cc2)cc1. The van der Waals surface area contributed by atoms with Crippen LogP contribution in [0.1, 0.15) is 22.3 Å². The summed E-state index contributed by atoms with van der Waals surface area (Å²) in [5, 5.41) is 0. The summed E-state index contributed by atoms with van der Waals surface area (Å²) < 4.78 is 129. The fourth-order valence-corrected chi connectivity index (χ4v) is 13.2. The van der Waals surface area contributed by atoms with Gasteiger partial charge >= 0.3 is 0 Å². The molecule has 4 N–H and O–H groups in total. The number of aryl methyl sites for hydroxylation is 4. The molecule has 0 radical (unpaired) electrons. The minimum absolute atomic E-state index is 0.183. The lowest BCUT2D eigenvalue weighted by atomic mass is 10.2. The maximum Gasteiger partial charge on any atom is 0.294 e. The Morgan fingerprint density at radius 2 is 0.481 bits per heavy atom. The van der Waals surface area contributed by atoms with E-state index in [0.717, 1.165) is 59.2 Å². The first-order valence-corrected chi connectivity index (χ1v) is 25.5. The van der Waals surface area contributed by atoms with Gasteiger partial charge in [-0.05, 0) is 133 Å². The first-order chi connectivity index (χ1) is 24.3. The zero-order valence-electron chi connectivity index (χ0n) is 27.9. The third kappa shape index (κ3) is 13.7. The van der Waals surface area contributed by atoms with Crippen molar-refractivity contribution in [2.24, 2.45) is 0 Å². The van der Waals surface area contributed by atoms with Crippen LogP contribution in [-0.4, -0.2) is 88.9 Å². The van der Waals surface area contributed by atoms with Gasteiger partial charge in [0.25, 0.3) is 40.5 Å². The van der Waals surface area contributed by atoms with E-state index in [4.69, 9.17) is 0 Å². The minimum atomic E-state index is -4.31. The largest absolute Gasteiger partial charge is 0.294 e. The van der Waals surface area contributed by atoms with Crippen LogP contribution in [0.15, 0.2) is 117 Å². The van der Waals surface area contributed by atoms with Crippen molar-refractivity contribution in [1.82, 2.24) is 0 Å². The second-order valence-corrected chi connectivity index (χ2v) is 23.2. The molecule has 0 amide bonds. The second kappa shape index (κ2) is 18.1. The quantitative estimate of drug-likeness (QED) is 0.0641. The zero-order chi connectivity index (χ0) is 38.2. The Labute approximate surface area is 308 Å². The Hall–Kier alpha value is -2.62. The number of hydrogen-bond acceptors (Lipinski definition) is 8. The average Bonchev–Trinajstić information content (AvgIpc) is 3.07. The lowest BCUT2D eigenvalue weighted by molar-refractivity contribution is 0.481. The van der Waals surface area contributed by atoms with Crippen LogP contribution in [0.3, 0.4) is 0 Å². The molecule has 0 saturated heterocycles. The molecule has 18 heteroatoms. The molecule has 0 unspecified atom stereocenters. The smallest absolute Gasteiger partial charge is 0.282 e. The lowest BCUT2D eigenvalue weighted by Crippen LogP contribution is -2.08. The highest BCUT2D eigenvalue weighted by atomic mass is 32.2. The van der Waals surface area contributed by atoms with Crippen molar-refractivity contribution in [3.8, 4) is 0 Å². The van der Waals surface area contributed by atoms with Crippen molar-refractivity contribution < 1.29 is 51.9 Å². The second-order valence-electron chi connectivity index (χ2n) is 12.2. The third-order valence-electron chi connectivity index (χ3n) is 8.48. The lowest BCUT2D eigenvalue weighted by Gasteiger charge is -2.23. The Bertz CT molecular complexity index is 1910. The van der Waals surface area contributed by atoms with Crippen LogP contribution in [0.2, 0.25) is 0 Å². The maximum absolute atomic E-state index is 11.5. The van der Waals surface area contributed by atoms with E-state index in [1.807, 2.05) is 0 Å². The molecule has 0 spiro atoms. The first kappa shape index (κ1) is 42.1. The molecule has 4 aromatic rings. The van der Waals surface area contributed by atoms with Crippen LogP contribution in [0.25, 0.3) is 0 Å². The highest BCUT2D eigenvalue weighted by molar-refractivity contribution is 7.86. The minimum Gasteiger partial charge on any atom is -0.282 e. The van der Waals surface area contributed by atoms with E-state index >= 15 is 0 Å². The van der Waals surface area contributed by atoms with Crippen LogP contribution in [-0.2, 0) is 66.2 Å². The fraction of sp³-hybridized carbons (Fsp3) is 0.294. The van der Waals surface area contributed by atoms with Crippen molar-refractivity contribution in [3.05, 3.63) is 119 Å². The number of benzene rings is 4. The molecule has 0 aliphatic heterocycles. The molecule has 0 aromatic heterocycles. The highest BCUT2D eigenvalue weighted by Crippen LogP contribution is 2.44. The van der Waals surface area contributed by atoms with E-state index in [0.29, 0.717) is 25.7 Å². The highest BCUT2D eigenvalue weighted by Gasteiger charge is 2.17. The topological polar surface area (TPSA) is 217 Å². The molecule has 4 rings (SSSR count). The molecule has 0 aliphatic rings. The zero-order valence-corrected chi connectivity index (χ0v) is 32.9. The molecule has 0 aliphatic carbocycles. The summed E-state index contributed by atoms with van der Waals surface area (Å²) in [5.41, 5.74) is 3.67. The van der Waals surface area contributed by atoms with Gasteiger partial charge in [0.1, 0.15) is 0 Å². The molecule has 12 nitrogen and oxygen atoms in total. The predicted molar refractivity (Wildman–Crippen MR) is 203 cm³/mol. The van der Waals surface area contributed by atoms with Crippen LogP contribution in [0, 0.1) is 0 Å². The van der Waals surface area contributed by atoms with Gasteiger partial charge in [0, 0.05) is 0 Å². The Balaban J connectivity index is 1.49. The Morgan fingerprint density at radius 3 is 0.635 bits per heavy atom. The molecule has 282 valence electrons. The number of hydrogen-bond donors (Lipinski definition) is 4. The summed E-state index contributed by atoms with van der Waals surface area (Å²) in [7, 11) is -18.4. The summed E-state index contributed by atoms with van der Waals surface area (Å²) in [6, 6.07) is 24.4. The molecule has 0 heterocycles. The van der Waals surface area contributed by atoms with Crippen LogP contribution in [0.5, 0.6) is 0 Å². The Kier molecular flexibility index (Phi) is 14.7. The van der Waals surface area contributed by atoms with E-state index in [1.54, 1.807) is 48.5 Å². The van der Waals surface area contributed by atoms with Crippen LogP contribution in [0.4, 0.5) is 0 Å². The molecule has 0 fully saturated rings.